The van der Waals surface area contributed by atoms with Crippen LogP contribution in [0.4, 0.5) is 5.69 Å². The summed E-state index contributed by atoms with van der Waals surface area (Å²) in [5, 5.41) is 2.84. The molecule has 0 aliphatic rings. The minimum Gasteiger partial charge on any atom is -0.342 e. The van der Waals surface area contributed by atoms with Gasteiger partial charge in [0.1, 0.15) is 0 Å². The Balaban J connectivity index is 2.77. The van der Waals surface area contributed by atoms with Crippen LogP contribution < -0.4 is 11.1 Å². The van der Waals surface area contributed by atoms with Gasteiger partial charge >= 0.3 is 0 Å². The van der Waals surface area contributed by atoms with Crippen LogP contribution >= 0.6 is 0 Å². The van der Waals surface area contributed by atoms with Crippen LogP contribution in [0, 0.1) is 0 Å². The van der Waals surface area contributed by atoms with Gasteiger partial charge in [0.2, 0.25) is 11.8 Å². The lowest BCUT2D eigenvalue weighted by Gasteiger charge is -2.23. The Morgan fingerprint density at radius 3 is 2.62 bits per heavy atom. The molecular formula is C16H25N3O2. The first-order valence-electron chi connectivity index (χ1n) is 7.17. The van der Waals surface area contributed by atoms with Gasteiger partial charge in [0.15, 0.2) is 0 Å². The third-order valence-corrected chi connectivity index (χ3v) is 3.43. The molecule has 21 heavy (non-hydrogen) atoms. The molecule has 3 N–H and O–H groups in total. The number of nitrogens with zero attached hydrogens (tertiary/aromatic N) is 1. The zero-order chi connectivity index (χ0) is 16.0. The van der Waals surface area contributed by atoms with Crippen molar-refractivity contribution in [3.05, 3.63) is 29.8 Å². The number of hydrogen-bond acceptors (Lipinski definition) is 3. The van der Waals surface area contributed by atoms with Crippen LogP contribution in [0.5, 0.6) is 0 Å². The lowest BCUT2D eigenvalue weighted by molar-refractivity contribution is -0.128. The SMILES string of the molecule is CCCC(C)(N)C(=O)Nc1cccc(CN(C)C(C)=O)c1. The van der Waals surface area contributed by atoms with Crippen molar-refractivity contribution in [2.75, 3.05) is 12.4 Å². The maximum absolute atomic E-state index is 12.2. The van der Waals surface area contributed by atoms with Crippen LogP contribution in [-0.2, 0) is 16.1 Å². The summed E-state index contributed by atoms with van der Waals surface area (Å²) in [5.41, 5.74) is 6.79. The van der Waals surface area contributed by atoms with Crippen molar-refractivity contribution in [1.29, 1.82) is 0 Å². The van der Waals surface area contributed by atoms with Gasteiger partial charge in [0.05, 0.1) is 5.54 Å². The average Bonchev–Trinajstić information content (AvgIpc) is 2.38. The van der Waals surface area contributed by atoms with Crippen LogP contribution in [0.2, 0.25) is 0 Å². The highest BCUT2D eigenvalue weighted by Crippen LogP contribution is 2.16. The Labute approximate surface area is 126 Å². The summed E-state index contributed by atoms with van der Waals surface area (Å²) in [6, 6.07) is 7.45. The number of amides is 2. The molecule has 0 heterocycles. The van der Waals surface area contributed by atoms with Gasteiger partial charge in [-0.15, -0.1) is 0 Å². The Morgan fingerprint density at radius 2 is 2.05 bits per heavy atom. The molecule has 1 aromatic rings. The number of nitrogens with two attached hydrogens (primary N) is 1. The van der Waals surface area contributed by atoms with Crippen molar-refractivity contribution >= 4 is 17.5 Å². The molecule has 0 aromatic heterocycles. The van der Waals surface area contributed by atoms with E-state index in [1.807, 2.05) is 31.2 Å². The highest BCUT2D eigenvalue weighted by molar-refractivity contribution is 5.97. The largest absolute Gasteiger partial charge is 0.342 e. The lowest BCUT2D eigenvalue weighted by atomic mass is 9.96. The van der Waals surface area contributed by atoms with E-state index in [0.29, 0.717) is 18.7 Å². The normalized spacial score (nSPS) is 13.4. The summed E-state index contributed by atoms with van der Waals surface area (Å²) in [5.74, 6) is -0.191. The summed E-state index contributed by atoms with van der Waals surface area (Å²) in [6.45, 7) is 5.76. The van der Waals surface area contributed by atoms with Crippen molar-refractivity contribution in [3.63, 3.8) is 0 Å². The Hall–Kier alpha value is -1.88. The van der Waals surface area contributed by atoms with E-state index in [-0.39, 0.29) is 11.8 Å². The van der Waals surface area contributed by atoms with Gasteiger partial charge in [-0.2, -0.15) is 0 Å². The second kappa shape index (κ2) is 7.22. The Morgan fingerprint density at radius 1 is 1.38 bits per heavy atom. The number of benzene rings is 1. The van der Waals surface area contributed by atoms with Crippen molar-refractivity contribution in [2.45, 2.75) is 45.7 Å². The summed E-state index contributed by atoms with van der Waals surface area (Å²) in [4.78, 5) is 25.0. The van der Waals surface area contributed by atoms with Crippen LogP contribution in [0.1, 0.15) is 39.2 Å². The van der Waals surface area contributed by atoms with E-state index >= 15 is 0 Å². The summed E-state index contributed by atoms with van der Waals surface area (Å²) in [7, 11) is 1.74. The number of carbonyl (C=O) groups is 2. The monoisotopic (exact) mass is 291 g/mol. The first kappa shape index (κ1) is 17.2. The van der Waals surface area contributed by atoms with Crippen molar-refractivity contribution < 1.29 is 9.59 Å². The molecule has 5 heteroatoms. The van der Waals surface area contributed by atoms with Crippen LogP contribution in [-0.4, -0.2) is 29.3 Å². The molecule has 0 bridgehead atoms. The molecule has 0 aliphatic heterocycles. The highest BCUT2D eigenvalue weighted by atomic mass is 16.2. The third-order valence-electron chi connectivity index (χ3n) is 3.43. The van der Waals surface area contributed by atoms with Gasteiger partial charge in [-0.05, 0) is 31.0 Å². The number of hydrogen-bond donors (Lipinski definition) is 2. The fourth-order valence-corrected chi connectivity index (χ4v) is 2.04. The van der Waals surface area contributed by atoms with Crippen molar-refractivity contribution in [2.24, 2.45) is 5.73 Å². The average molecular weight is 291 g/mol. The number of nitrogens with one attached hydrogen (secondary N) is 1. The Kier molecular flexibility index (Phi) is 5.90. The van der Waals surface area contributed by atoms with Gasteiger partial charge in [0, 0.05) is 26.2 Å². The topological polar surface area (TPSA) is 75.4 Å². The van der Waals surface area contributed by atoms with Gasteiger partial charge in [-0.25, -0.2) is 0 Å². The molecule has 0 fully saturated rings. The maximum atomic E-state index is 12.2. The molecule has 1 rings (SSSR count). The quantitative estimate of drug-likeness (QED) is 0.843. The molecule has 0 spiro atoms. The molecule has 1 atom stereocenters. The van der Waals surface area contributed by atoms with E-state index in [0.717, 1.165) is 12.0 Å². The zero-order valence-electron chi connectivity index (χ0n) is 13.3. The third kappa shape index (κ3) is 5.19. The second-order valence-corrected chi connectivity index (χ2v) is 5.70. The van der Waals surface area contributed by atoms with E-state index < -0.39 is 5.54 Å². The predicted octanol–water partition coefficient (Wildman–Crippen LogP) is 2.12. The molecule has 1 aromatic carbocycles. The molecule has 5 nitrogen and oxygen atoms in total. The lowest BCUT2D eigenvalue weighted by Crippen LogP contribution is -2.48. The van der Waals surface area contributed by atoms with Gasteiger partial charge in [-0.1, -0.05) is 25.5 Å². The van der Waals surface area contributed by atoms with E-state index in [4.69, 9.17) is 5.73 Å². The number of anilines is 1. The van der Waals surface area contributed by atoms with Gasteiger partial charge in [-0.3, -0.25) is 9.59 Å². The summed E-state index contributed by atoms with van der Waals surface area (Å²) in [6.07, 6.45) is 1.48. The van der Waals surface area contributed by atoms with Crippen molar-refractivity contribution in [3.8, 4) is 0 Å². The van der Waals surface area contributed by atoms with Crippen LogP contribution in [0.3, 0.4) is 0 Å². The molecule has 2 amide bonds. The zero-order valence-corrected chi connectivity index (χ0v) is 13.3. The minimum absolute atomic E-state index is 0.00178. The standard InChI is InChI=1S/C16H25N3O2/c1-5-9-16(3,17)15(21)18-14-8-6-7-13(10-14)11-19(4)12(2)20/h6-8,10H,5,9,11,17H2,1-4H3,(H,18,21). The smallest absolute Gasteiger partial charge is 0.244 e. The molecule has 0 aliphatic carbocycles. The minimum atomic E-state index is -0.874. The van der Waals surface area contributed by atoms with E-state index in [9.17, 15) is 9.59 Å². The molecule has 0 radical (unpaired) electrons. The fraction of sp³-hybridized carbons (Fsp3) is 0.500. The first-order chi connectivity index (χ1) is 9.76. The molecule has 1 unspecified atom stereocenters. The van der Waals surface area contributed by atoms with E-state index in [1.165, 1.54) is 6.92 Å². The van der Waals surface area contributed by atoms with Crippen molar-refractivity contribution in [1.82, 2.24) is 4.90 Å². The van der Waals surface area contributed by atoms with Gasteiger partial charge < -0.3 is 16.0 Å². The Bertz CT molecular complexity index is 512. The summed E-state index contributed by atoms with van der Waals surface area (Å²) >= 11 is 0. The van der Waals surface area contributed by atoms with E-state index in [1.54, 1.807) is 18.9 Å². The number of rotatable bonds is 6. The predicted molar refractivity (Wildman–Crippen MR) is 84.7 cm³/mol. The molecule has 116 valence electrons. The number of carbonyl (C=O) groups excluding carboxylic acids is 2. The summed E-state index contributed by atoms with van der Waals surface area (Å²) < 4.78 is 0. The maximum Gasteiger partial charge on any atom is 0.244 e. The van der Waals surface area contributed by atoms with Gasteiger partial charge in [0.25, 0.3) is 0 Å². The first-order valence-corrected chi connectivity index (χ1v) is 7.17. The highest BCUT2D eigenvalue weighted by Gasteiger charge is 2.27. The molecule has 0 saturated carbocycles. The second-order valence-electron chi connectivity index (χ2n) is 5.70. The molecule has 0 saturated heterocycles. The fourth-order valence-electron chi connectivity index (χ4n) is 2.04. The van der Waals surface area contributed by atoms with E-state index in [2.05, 4.69) is 5.32 Å². The van der Waals surface area contributed by atoms with Crippen LogP contribution in [0.15, 0.2) is 24.3 Å². The van der Waals surface area contributed by atoms with Crippen LogP contribution in [0.25, 0.3) is 0 Å². The molecular weight excluding hydrogens is 266 g/mol.